The first kappa shape index (κ1) is 16.0. The largest absolute Gasteiger partial charge is 0.344 e. The third-order valence-corrected chi connectivity index (χ3v) is 3.84. The van der Waals surface area contributed by atoms with E-state index in [1.807, 2.05) is 4.90 Å². The van der Waals surface area contributed by atoms with E-state index in [1.54, 1.807) is 0 Å². The Kier molecular flexibility index (Phi) is 5.39. The molecular weight excluding hydrogens is 240 g/mol. The Labute approximate surface area is 116 Å². The summed E-state index contributed by atoms with van der Waals surface area (Å²) in [6, 6.07) is -0.345. The molecule has 0 aromatic carbocycles. The van der Waals surface area contributed by atoms with E-state index in [0.29, 0.717) is 25.3 Å². The Morgan fingerprint density at radius 1 is 1.37 bits per heavy atom. The number of hydrogen-bond acceptors (Lipinski definition) is 2. The molecule has 4 heteroatoms. The van der Waals surface area contributed by atoms with Gasteiger partial charge in [-0.15, -0.1) is 0 Å². The van der Waals surface area contributed by atoms with E-state index in [9.17, 15) is 9.59 Å². The molecule has 1 rings (SSSR count). The third kappa shape index (κ3) is 4.84. The summed E-state index contributed by atoms with van der Waals surface area (Å²) in [5.74, 6) is 0.477. The second-order valence-electron chi connectivity index (χ2n) is 6.78. The summed E-state index contributed by atoms with van der Waals surface area (Å²) in [6.45, 7) is 11.9. The van der Waals surface area contributed by atoms with Crippen LogP contribution in [0.4, 0.5) is 0 Å². The minimum absolute atomic E-state index is 0.00388. The summed E-state index contributed by atoms with van der Waals surface area (Å²) >= 11 is 0. The van der Waals surface area contributed by atoms with Crippen molar-refractivity contribution in [1.82, 2.24) is 10.2 Å². The van der Waals surface area contributed by atoms with E-state index in [4.69, 9.17) is 0 Å². The molecule has 0 spiro atoms. The van der Waals surface area contributed by atoms with Crippen LogP contribution in [0.5, 0.6) is 0 Å². The van der Waals surface area contributed by atoms with Crippen molar-refractivity contribution in [3.8, 4) is 0 Å². The van der Waals surface area contributed by atoms with E-state index in [0.717, 1.165) is 13.0 Å². The lowest BCUT2D eigenvalue weighted by Crippen LogP contribution is -2.47. The standard InChI is InChI=1S/C15H28N2O2/c1-6-15(4,5)10-17-8-7-13(18)16-12(14(17)19)9-11(2)3/h11-12H,6-10H2,1-5H3,(H,16,18). The number of nitrogens with zero attached hydrogens (tertiary/aromatic N) is 1. The Morgan fingerprint density at radius 2 is 2.00 bits per heavy atom. The monoisotopic (exact) mass is 268 g/mol. The third-order valence-electron chi connectivity index (χ3n) is 3.84. The van der Waals surface area contributed by atoms with Crippen molar-refractivity contribution >= 4 is 11.8 Å². The number of carbonyl (C=O) groups is 2. The zero-order valence-corrected chi connectivity index (χ0v) is 13.0. The molecule has 110 valence electrons. The zero-order chi connectivity index (χ0) is 14.6. The highest BCUT2D eigenvalue weighted by atomic mass is 16.2. The molecule has 0 radical (unpaired) electrons. The minimum Gasteiger partial charge on any atom is -0.344 e. The molecule has 0 bridgehead atoms. The van der Waals surface area contributed by atoms with Crippen LogP contribution in [0.1, 0.15) is 53.9 Å². The van der Waals surface area contributed by atoms with Gasteiger partial charge in [0, 0.05) is 19.5 Å². The van der Waals surface area contributed by atoms with Gasteiger partial charge in [0.1, 0.15) is 6.04 Å². The van der Waals surface area contributed by atoms with E-state index in [-0.39, 0.29) is 23.3 Å². The molecule has 1 heterocycles. The maximum absolute atomic E-state index is 12.5. The highest BCUT2D eigenvalue weighted by Gasteiger charge is 2.32. The maximum Gasteiger partial charge on any atom is 0.245 e. The molecule has 0 aliphatic carbocycles. The van der Waals surface area contributed by atoms with Crippen molar-refractivity contribution in [3.63, 3.8) is 0 Å². The van der Waals surface area contributed by atoms with Crippen LogP contribution >= 0.6 is 0 Å². The number of amides is 2. The fourth-order valence-electron chi connectivity index (χ4n) is 2.31. The summed E-state index contributed by atoms with van der Waals surface area (Å²) < 4.78 is 0. The summed E-state index contributed by atoms with van der Waals surface area (Å²) in [7, 11) is 0. The van der Waals surface area contributed by atoms with Gasteiger partial charge in [0.2, 0.25) is 11.8 Å². The molecule has 0 saturated carbocycles. The summed E-state index contributed by atoms with van der Waals surface area (Å²) in [5.41, 5.74) is 0.103. The average molecular weight is 268 g/mol. The first-order chi connectivity index (χ1) is 8.75. The summed E-state index contributed by atoms with van der Waals surface area (Å²) in [5, 5.41) is 2.86. The first-order valence-electron chi connectivity index (χ1n) is 7.33. The van der Waals surface area contributed by atoms with Crippen LogP contribution in [0, 0.1) is 11.3 Å². The van der Waals surface area contributed by atoms with Gasteiger partial charge in [-0.05, 0) is 24.2 Å². The van der Waals surface area contributed by atoms with Gasteiger partial charge >= 0.3 is 0 Å². The van der Waals surface area contributed by atoms with E-state index >= 15 is 0 Å². The van der Waals surface area contributed by atoms with Crippen LogP contribution in [-0.4, -0.2) is 35.8 Å². The average Bonchev–Trinajstić information content (AvgIpc) is 2.42. The molecule has 1 saturated heterocycles. The molecule has 1 fully saturated rings. The van der Waals surface area contributed by atoms with Crippen molar-refractivity contribution < 1.29 is 9.59 Å². The van der Waals surface area contributed by atoms with Crippen LogP contribution < -0.4 is 5.32 Å². The van der Waals surface area contributed by atoms with Crippen LogP contribution in [0.25, 0.3) is 0 Å². The van der Waals surface area contributed by atoms with E-state index < -0.39 is 0 Å². The lowest BCUT2D eigenvalue weighted by atomic mass is 9.89. The number of carbonyl (C=O) groups excluding carboxylic acids is 2. The fraction of sp³-hybridized carbons (Fsp3) is 0.867. The van der Waals surface area contributed by atoms with Crippen LogP contribution in [0.2, 0.25) is 0 Å². The second kappa shape index (κ2) is 6.40. The predicted octanol–water partition coefficient (Wildman–Crippen LogP) is 2.19. The molecule has 1 N–H and O–H groups in total. The van der Waals surface area contributed by atoms with Crippen molar-refractivity contribution in [1.29, 1.82) is 0 Å². The van der Waals surface area contributed by atoms with Crippen LogP contribution in [-0.2, 0) is 9.59 Å². The summed E-state index contributed by atoms with van der Waals surface area (Å²) in [4.78, 5) is 26.1. The Balaban J connectivity index is 2.80. The van der Waals surface area contributed by atoms with Gasteiger partial charge in [0.15, 0.2) is 0 Å². The molecule has 4 nitrogen and oxygen atoms in total. The lowest BCUT2D eigenvalue weighted by Gasteiger charge is -2.32. The number of hydrogen-bond donors (Lipinski definition) is 1. The molecule has 1 aliphatic rings. The molecule has 2 amide bonds. The van der Waals surface area contributed by atoms with Crippen molar-refractivity contribution in [2.45, 2.75) is 59.9 Å². The van der Waals surface area contributed by atoms with Gasteiger partial charge < -0.3 is 10.2 Å². The SMILES string of the molecule is CCC(C)(C)CN1CCC(=O)NC(CC(C)C)C1=O. The van der Waals surface area contributed by atoms with Crippen molar-refractivity contribution in [2.24, 2.45) is 11.3 Å². The Bertz CT molecular complexity index is 337. The number of nitrogens with one attached hydrogen (secondary N) is 1. The zero-order valence-electron chi connectivity index (χ0n) is 13.0. The smallest absolute Gasteiger partial charge is 0.245 e. The fourth-order valence-corrected chi connectivity index (χ4v) is 2.31. The molecule has 0 aromatic heterocycles. The topological polar surface area (TPSA) is 49.4 Å². The second-order valence-corrected chi connectivity index (χ2v) is 6.78. The first-order valence-corrected chi connectivity index (χ1v) is 7.33. The molecule has 19 heavy (non-hydrogen) atoms. The summed E-state index contributed by atoms with van der Waals surface area (Å²) in [6.07, 6.45) is 2.15. The van der Waals surface area contributed by atoms with Crippen molar-refractivity contribution in [2.75, 3.05) is 13.1 Å². The quantitative estimate of drug-likeness (QED) is 0.831. The van der Waals surface area contributed by atoms with E-state index in [1.165, 1.54) is 0 Å². The van der Waals surface area contributed by atoms with Gasteiger partial charge in [0.25, 0.3) is 0 Å². The molecular formula is C15H28N2O2. The Hall–Kier alpha value is -1.06. The lowest BCUT2D eigenvalue weighted by molar-refractivity contribution is -0.135. The molecule has 1 aliphatic heterocycles. The van der Waals surface area contributed by atoms with Gasteiger partial charge in [0.05, 0.1) is 0 Å². The van der Waals surface area contributed by atoms with Crippen LogP contribution in [0.3, 0.4) is 0 Å². The maximum atomic E-state index is 12.5. The van der Waals surface area contributed by atoms with Gasteiger partial charge in [-0.2, -0.15) is 0 Å². The van der Waals surface area contributed by atoms with E-state index in [2.05, 4.69) is 39.9 Å². The van der Waals surface area contributed by atoms with Gasteiger partial charge in [-0.25, -0.2) is 0 Å². The molecule has 0 aromatic rings. The Morgan fingerprint density at radius 3 is 2.53 bits per heavy atom. The van der Waals surface area contributed by atoms with Crippen LogP contribution in [0.15, 0.2) is 0 Å². The minimum atomic E-state index is -0.345. The van der Waals surface area contributed by atoms with Crippen molar-refractivity contribution in [3.05, 3.63) is 0 Å². The molecule has 1 atom stereocenters. The predicted molar refractivity (Wildman–Crippen MR) is 76.7 cm³/mol. The van der Waals surface area contributed by atoms with Gasteiger partial charge in [-0.1, -0.05) is 34.6 Å². The highest BCUT2D eigenvalue weighted by molar-refractivity contribution is 5.89. The molecule has 1 unspecified atom stereocenters. The normalized spacial score (nSPS) is 21.6. The highest BCUT2D eigenvalue weighted by Crippen LogP contribution is 2.23. The number of rotatable bonds is 5. The van der Waals surface area contributed by atoms with Gasteiger partial charge in [-0.3, -0.25) is 9.59 Å².